The van der Waals surface area contributed by atoms with Crippen LogP contribution in [-0.4, -0.2) is 55.1 Å². The number of furan rings is 1. The number of anilines is 1. The highest BCUT2D eigenvalue weighted by atomic mass is 32.2. The number of nitrogens with one attached hydrogen (secondary N) is 1. The third-order valence-corrected chi connectivity index (χ3v) is 7.08. The Hall–Kier alpha value is -2.65. The molecule has 1 aliphatic rings. The summed E-state index contributed by atoms with van der Waals surface area (Å²) in [5.41, 5.74) is 0.478. The van der Waals surface area contributed by atoms with E-state index >= 15 is 0 Å². The second kappa shape index (κ2) is 8.79. The molecule has 1 atom stereocenters. The third-order valence-electron chi connectivity index (χ3n) is 5.01. The molecule has 0 unspecified atom stereocenters. The molecule has 3 rings (SSSR count). The molecular weight excluding hydrogens is 394 g/mol. The minimum Gasteiger partial charge on any atom is -0.459 e. The molecule has 1 aromatic carbocycles. The summed E-state index contributed by atoms with van der Waals surface area (Å²) < 4.78 is 31.6. The van der Waals surface area contributed by atoms with E-state index in [2.05, 4.69) is 5.32 Å². The number of sulfonamides is 1. The van der Waals surface area contributed by atoms with Gasteiger partial charge in [0.15, 0.2) is 5.76 Å². The van der Waals surface area contributed by atoms with Crippen LogP contribution in [0.25, 0.3) is 0 Å². The van der Waals surface area contributed by atoms with Gasteiger partial charge in [-0.2, -0.15) is 4.31 Å². The standard InChI is InChI=1S/C20H25N3O5S/c1-3-22(4-2)29(26,27)16-11-9-15(10-12-16)21-19(24)17-7-5-13-23(17)20(25)18-8-6-14-28-18/h6,8-12,14,17H,3-5,7,13H2,1-2H3,(H,21,24)/t17-/m0/s1. The van der Waals surface area contributed by atoms with E-state index in [1.165, 1.54) is 27.6 Å². The summed E-state index contributed by atoms with van der Waals surface area (Å²) in [5, 5.41) is 2.78. The average molecular weight is 420 g/mol. The lowest BCUT2D eigenvalue weighted by molar-refractivity contribution is -0.119. The van der Waals surface area contributed by atoms with E-state index in [1.54, 1.807) is 38.1 Å². The molecule has 8 nitrogen and oxygen atoms in total. The first-order valence-corrected chi connectivity index (χ1v) is 11.1. The van der Waals surface area contributed by atoms with Gasteiger partial charge in [0.05, 0.1) is 11.2 Å². The first-order chi connectivity index (χ1) is 13.9. The highest BCUT2D eigenvalue weighted by molar-refractivity contribution is 7.89. The fourth-order valence-corrected chi connectivity index (χ4v) is 4.93. The molecule has 0 aliphatic carbocycles. The molecule has 2 heterocycles. The molecule has 0 spiro atoms. The van der Waals surface area contributed by atoms with Crippen molar-refractivity contribution in [1.29, 1.82) is 0 Å². The van der Waals surface area contributed by atoms with Gasteiger partial charge in [0, 0.05) is 25.3 Å². The van der Waals surface area contributed by atoms with E-state index in [0.717, 1.165) is 6.42 Å². The molecule has 0 bridgehead atoms. The Labute approximate surface area is 170 Å². The lowest BCUT2D eigenvalue weighted by Gasteiger charge is -2.23. The largest absolute Gasteiger partial charge is 0.459 e. The smallest absolute Gasteiger partial charge is 0.290 e. The zero-order chi connectivity index (χ0) is 21.0. The number of carbonyl (C=O) groups is 2. The summed E-state index contributed by atoms with van der Waals surface area (Å²) in [6, 6.07) is 8.68. The van der Waals surface area contributed by atoms with Gasteiger partial charge < -0.3 is 14.6 Å². The molecule has 0 saturated carbocycles. The van der Waals surface area contributed by atoms with Crippen molar-refractivity contribution >= 4 is 27.5 Å². The number of carbonyl (C=O) groups excluding carboxylic acids is 2. The van der Waals surface area contributed by atoms with Crippen molar-refractivity contribution in [3.63, 3.8) is 0 Å². The summed E-state index contributed by atoms with van der Waals surface area (Å²) in [5.74, 6) is -0.411. The molecule has 1 saturated heterocycles. The van der Waals surface area contributed by atoms with Crippen LogP contribution in [0, 0.1) is 0 Å². The number of benzene rings is 1. The third kappa shape index (κ3) is 4.35. The van der Waals surface area contributed by atoms with Gasteiger partial charge >= 0.3 is 0 Å². The number of nitrogens with zero attached hydrogens (tertiary/aromatic N) is 2. The first kappa shape index (κ1) is 21.1. The maximum Gasteiger partial charge on any atom is 0.290 e. The molecule has 9 heteroatoms. The van der Waals surface area contributed by atoms with Crippen molar-refractivity contribution in [3.8, 4) is 0 Å². The molecule has 2 aromatic rings. The van der Waals surface area contributed by atoms with Crippen molar-refractivity contribution in [2.24, 2.45) is 0 Å². The molecule has 1 fully saturated rings. The Kier molecular flexibility index (Phi) is 6.39. The van der Waals surface area contributed by atoms with E-state index in [-0.39, 0.29) is 22.5 Å². The summed E-state index contributed by atoms with van der Waals surface area (Å²) in [7, 11) is -3.55. The summed E-state index contributed by atoms with van der Waals surface area (Å²) in [6.07, 6.45) is 2.71. The minimum atomic E-state index is -3.55. The predicted octanol–water partition coefficient (Wildman–Crippen LogP) is 2.55. The van der Waals surface area contributed by atoms with E-state index in [9.17, 15) is 18.0 Å². The van der Waals surface area contributed by atoms with Crippen molar-refractivity contribution < 1.29 is 22.4 Å². The molecule has 1 N–H and O–H groups in total. The van der Waals surface area contributed by atoms with Gasteiger partial charge in [0.1, 0.15) is 6.04 Å². The molecule has 1 aromatic heterocycles. The van der Waals surface area contributed by atoms with E-state index in [1.807, 2.05) is 0 Å². The van der Waals surface area contributed by atoms with Crippen molar-refractivity contribution in [2.75, 3.05) is 25.0 Å². The lowest BCUT2D eigenvalue weighted by atomic mass is 10.2. The fourth-order valence-electron chi connectivity index (χ4n) is 3.47. The predicted molar refractivity (Wildman–Crippen MR) is 108 cm³/mol. The summed E-state index contributed by atoms with van der Waals surface area (Å²) >= 11 is 0. The number of likely N-dealkylation sites (tertiary alicyclic amines) is 1. The second-order valence-electron chi connectivity index (χ2n) is 6.74. The Morgan fingerprint density at radius 2 is 1.86 bits per heavy atom. The van der Waals surface area contributed by atoms with Crippen LogP contribution in [0.15, 0.2) is 52.0 Å². The van der Waals surface area contributed by atoms with Gasteiger partial charge in [-0.3, -0.25) is 9.59 Å². The maximum atomic E-state index is 12.7. The van der Waals surface area contributed by atoms with Gasteiger partial charge in [-0.25, -0.2) is 8.42 Å². The van der Waals surface area contributed by atoms with Crippen LogP contribution in [0.5, 0.6) is 0 Å². The van der Waals surface area contributed by atoms with Crippen LogP contribution in [-0.2, 0) is 14.8 Å². The van der Waals surface area contributed by atoms with Gasteiger partial charge in [0.2, 0.25) is 15.9 Å². The van der Waals surface area contributed by atoms with Crippen LogP contribution >= 0.6 is 0 Å². The zero-order valence-corrected chi connectivity index (χ0v) is 17.3. The van der Waals surface area contributed by atoms with Crippen LogP contribution in [0.4, 0.5) is 5.69 Å². The van der Waals surface area contributed by atoms with E-state index < -0.39 is 16.1 Å². The summed E-state index contributed by atoms with van der Waals surface area (Å²) in [4.78, 5) is 26.9. The van der Waals surface area contributed by atoms with E-state index in [4.69, 9.17) is 4.42 Å². The Balaban J connectivity index is 1.70. The lowest BCUT2D eigenvalue weighted by Crippen LogP contribution is -2.43. The minimum absolute atomic E-state index is 0.176. The maximum absolute atomic E-state index is 12.7. The monoisotopic (exact) mass is 419 g/mol. The van der Waals surface area contributed by atoms with Crippen molar-refractivity contribution in [1.82, 2.24) is 9.21 Å². The molecule has 1 aliphatic heterocycles. The molecule has 2 amide bonds. The van der Waals surface area contributed by atoms with Crippen molar-refractivity contribution in [2.45, 2.75) is 37.6 Å². The van der Waals surface area contributed by atoms with Gasteiger partial charge in [0.25, 0.3) is 5.91 Å². The second-order valence-corrected chi connectivity index (χ2v) is 8.67. The Bertz CT molecular complexity index is 951. The SMILES string of the molecule is CCN(CC)S(=O)(=O)c1ccc(NC(=O)[C@@H]2CCCN2C(=O)c2ccco2)cc1. The zero-order valence-electron chi connectivity index (χ0n) is 16.5. The number of hydrogen-bond donors (Lipinski definition) is 1. The Morgan fingerprint density at radius 1 is 1.17 bits per heavy atom. The van der Waals surface area contributed by atoms with Crippen LogP contribution in [0.2, 0.25) is 0 Å². The van der Waals surface area contributed by atoms with Crippen LogP contribution in [0.3, 0.4) is 0 Å². The number of amides is 2. The molecular formula is C20H25N3O5S. The van der Waals surface area contributed by atoms with Gasteiger partial charge in [-0.15, -0.1) is 0 Å². The molecule has 156 valence electrons. The van der Waals surface area contributed by atoms with Crippen LogP contribution < -0.4 is 5.32 Å². The average Bonchev–Trinajstić information content (AvgIpc) is 3.41. The first-order valence-electron chi connectivity index (χ1n) is 9.64. The highest BCUT2D eigenvalue weighted by Crippen LogP contribution is 2.23. The van der Waals surface area contributed by atoms with Gasteiger partial charge in [-0.05, 0) is 49.2 Å². The Morgan fingerprint density at radius 3 is 2.45 bits per heavy atom. The number of rotatable bonds is 7. The van der Waals surface area contributed by atoms with Crippen LogP contribution in [0.1, 0.15) is 37.2 Å². The van der Waals surface area contributed by atoms with Crippen molar-refractivity contribution in [3.05, 3.63) is 48.4 Å². The summed E-state index contributed by atoms with van der Waals surface area (Å²) in [6.45, 7) is 4.83. The number of hydrogen-bond acceptors (Lipinski definition) is 5. The normalized spacial score (nSPS) is 16.9. The molecule has 0 radical (unpaired) electrons. The topological polar surface area (TPSA) is 99.9 Å². The molecule has 29 heavy (non-hydrogen) atoms. The van der Waals surface area contributed by atoms with Gasteiger partial charge in [-0.1, -0.05) is 13.8 Å². The highest BCUT2D eigenvalue weighted by Gasteiger charge is 2.35. The quantitative estimate of drug-likeness (QED) is 0.743. The fraction of sp³-hybridized carbons (Fsp3) is 0.400. The van der Waals surface area contributed by atoms with E-state index in [0.29, 0.717) is 31.7 Å².